The molecule has 0 saturated carbocycles. The van der Waals surface area contributed by atoms with E-state index in [9.17, 15) is 14.0 Å². The van der Waals surface area contributed by atoms with Crippen LogP contribution in [0.4, 0.5) is 10.1 Å². The third-order valence-corrected chi connectivity index (χ3v) is 2.74. The molecule has 0 spiro atoms. The van der Waals surface area contributed by atoms with Crippen LogP contribution < -0.4 is 5.32 Å². The number of rotatable bonds is 4. The summed E-state index contributed by atoms with van der Waals surface area (Å²) in [4.78, 5) is 22.6. The number of benzene rings is 1. The quantitative estimate of drug-likeness (QED) is 0.493. The maximum Gasteiger partial charge on any atom is 0.354 e. The van der Waals surface area contributed by atoms with Gasteiger partial charge in [0.25, 0.3) is 0 Å². The van der Waals surface area contributed by atoms with E-state index in [1.54, 1.807) is 6.07 Å². The molecule has 7 heteroatoms. The number of hydrogen-bond donors (Lipinski definition) is 1. The lowest BCUT2D eigenvalue weighted by atomic mass is 10.3. The van der Waals surface area contributed by atoms with Gasteiger partial charge in [-0.15, -0.1) is 0 Å². The Labute approximate surface area is 122 Å². The minimum Gasteiger partial charge on any atom is -0.466 e. The van der Waals surface area contributed by atoms with Crippen molar-refractivity contribution >= 4 is 40.2 Å². The van der Waals surface area contributed by atoms with Gasteiger partial charge in [-0.05, 0) is 40.8 Å². The maximum atomic E-state index is 13.6. The second-order valence-corrected chi connectivity index (χ2v) is 4.57. The van der Waals surface area contributed by atoms with Crippen LogP contribution in [0.15, 0.2) is 30.0 Å². The van der Waals surface area contributed by atoms with Gasteiger partial charge in [-0.3, -0.25) is 0 Å². The summed E-state index contributed by atoms with van der Waals surface area (Å²) in [7, 11) is 2.32. The van der Waals surface area contributed by atoms with E-state index >= 15 is 0 Å². The van der Waals surface area contributed by atoms with Gasteiger partial charge < -0.3 is 14.8 Å². The van der Waals surface area contributed by atoms with Crippen molar-refractivity contribution in [3.8, 4) is 0 Å². The second kappa shape index (κ2) is 7.07. The number of anilines is 1. The van der Waals surface area contributed by atoms with Gasteiger partial charge in [-0.1, -0.05) is 0 Å². The predicted octanol–water partition coefficient (Wildman–Crippen LogP) is 2.07. The molecule has 0 unspecified atom stereocenters. The molecule has 0 saturated heterocycles. The lowest BCUT2D eigenvalue weighted by Crippen LogP contribution is -2.16. The molecule has 102 valence electrons. The summed E-state index contributed by atoms with van der Waals surface area (Å²) in [6, 6.07) is 4.39. The van der Waals surface area contributed by atoms with E-state index in [2.05, 4.69) is 14.8 Å². The van der Waals surface area contributed by atoms with Gasteiger partial charge in [0, 0.05) is 3.57 Å². The molecule has 0 bridgehead atoms. The van der Waals surface area contributed by atoms with Gasteiger partial charge in [0.05, 0.1) is 26.0 Å². The fraction of sp³-hybridized carbons (Fsp3) is 0.167. The Kier molecular flexibility index (Phi) is 5.74. The molecule has 0 aliphatic rings. The number of carbonyl (C=O) groups excluding carboxylic acids is 2. The van der Waals surface area contributed by atoms with E-state index in [0.717, 1.165) is 13.2 Å². The average Bonchev–Trinajstić information content (AvgIpc) is 2.39. The van der Waals surface area contributed by atoms with Crippen LogP contribution in [0.3, 0.4) is 0 Å². The molecular weight excluding hydrogens is 368 g/mol. The number of nitrogens with one attached hydrogen (secondary N) is 1. The van der Waals surface area contributed by atoms with Crippen LogP contribution in [0.5, 0.6) is 0 Å². The summed E-state index contributed by atoms with van der Waals surface area (Å²) in [5, 5.41) is 2.50. The van der Waals surface area contributed by atoms with E-state index < -0.39 is 17.8 Å². The Morgan fingerprint density at radius 3 is 2.53 bits per heavy atom. The highest BCUT2D eigenvalue weighted by atomic mass is 127. The molecule has 0 atom stereocenters. The van der Waals surface area contributed by atoms with E-state index in [-0.39, 0.29) is 11.4 Å². The summed E-state index contributed by atoms with van der Waals surface area (Å²) in [6.07, 6.45) is 0.892. The first-order valence-corrected chi connectivity index (χ1v) is 6.16. The van der Waals surface area contributed by atoms with Crippen molar-refractivity contribution in [1.82, 2.24) is 0 Å². The van der Waals surface area contributed by atoms with Crippen LogP contribution in [-0.4, -0.2) is 26.2 Å². The van der Waals surface area contributed by atoms with E-state index in [1.807, 2.05) is 22.6 Å². The van der Waals surface area contributed by atoms with Gasteiger partial charge in [-0.2, -0.15) is 0 Å². The third kappa shape index (κ3) is 4.51. The third-order valence-electron chi connectivity index (χ3n) is 2.07. The summed E-state index contributed by atoms with van der Waals surface area (Å²) in [6.45, 7) is 0. The fourth-order valence-electron chi connectivity index (χ4n) is 1.17. The molecule has 1 rings (SSSR count). The molecule has 1 N–H and O–H groups in total. The number of halogens is 2. The average molecular weight is 379 g/mol. The Morgan fingerprint density at radius 2 is 2.00 bits per heavy atom. The zero-order valence-electron chi connectivity index (χ0n) is 10.2. The smallest absolute Gasteiger partial charge is 0.354 e. The van der Waals surface area contributed by atoms with Crippen LogP contribution in [-0.2, 0) is 19.1 Å². The Bertz CT molecular complexity index is 530. The lowest BCUT2D eigenvalue weighted by molar-refractivity contribution is -0.138. The molecule has 0 fully saturated rings. The Morgan fingerprint density at radius 1 is 1.32 bits per heavy atom. The van der Waals surface area contributed by atoms with Crippen molar-refractivity contribution in [3.05, 3.63) is 39.4 Å². The Balaban J connectivity index is 3.04. The molecule has 0 radical (unpaired) electrons. The summed E-state index contributed by atoms with van der Waals surface area (Å²) in [5.41, 5.74) is -0.157. The first-order valence-electron chi connectivity index (χ1n) is 5.08. The molecule has 19 heavy (non-hydrogen) atoms. The number of hydrogen-bond acceptors (Lipinski definition) is 5. The van der Waals surface area contributed by atoms with Crippen molar-refractivity contribution < 1.29 is 23.5 Å². The van der Waals surface area contributed by atoms with Crippen molar-refractivity contribution in [1.29, 1.82) is 0 Å². The van der Waals surface area contributed by atoms with E-state index in [0.29, 0.717) is 3.57 Å². The van der Waals surface area contributed by atoms with Crippen LogP contribution in [0.25, 0.3) is 0 Å². The first kappa shape index (κ1) is 15.4. The molecule has 0 aliphatic carbocycles. The van der Waals surface area contributed by atoms with Crippen LogP contribution in [0, 0.1) is 9.39 Å². The maximum absolute atomic E-state index is 13.6. The van der Waals surface area contributed by atoms with Gasteiger partial charge >= 0.3 is 11.9 Å². The summed E-state index contributed by atoms with van der Waals surface area (Å²) < 4.78 is 23.2. The monoisotopic (exact) mass is 379 g/mol. The van der Waals surface area contributed by atoms with Crippen LogP contribution in [0.2, 0.25) is 0 Å². The minimum absolute atomic E-state index is 0.0565. The standard InChI is InChI=1S/C12H11FINO4/c1-18-11(16)6-10(12(17)19-2)15-9-4-3-7(14)5-8(9)13/h3-6,15H,1-2H3/b10-6+. The molecular formula is C12H11FINO4. The number of methoxy groups -OCH3 is 2. The number of esters is 2. The van der Waals surface area contributed by atoms with Gasteiger partial charge in [0.1, 0.15) is 11.5 Å². The highest BCUT2D eigenvalue weighted by Crippen LogP contribution is 2.19. The SMILES string of the molecule is COC(=O)/C=C(/Nc1ccc(I)cc1F)C(=O)OC. The summed E-state index contributed by atoms with van der Waals surface area (Å²) in [5.74, 6) is -2.10. The molecule has 1 aromatic rings. The zero-order chi connectivity index (χ0) is 14.4. The molecule has 0 amide bonds. The highest BCUT2D eigenvalue weighted by molar-refractivity contribution is 14.1. The largest absolute Gasteiger partial charge is 0.466 e. The van der Waals surface area contributed by atoms with Crippen molar-refractivity contribution in [3.63, 3.8) is 0 Å². The fourth-order valence-corrected chi connectivity index (χ4v) is 1.62. The topological polar surface area (TPSA) is 64.6 Å². The molecule has 0 aliphatic heterocycles. The van der Waals surface area contributed by atoms with Crippen LogP contribution >= 0.6 is 22.6 Å². The zero-order valence-corrected chi connectivity index (χ0v) is 12.4. The molecule has 0 heterocycles. The van der Waals surface area contributed by atoms with Crippen molar-refractivity contribution in [2.45, 2.75) is 0 Å². The van der Waals surface area contributed by atoms with Gasteiger partial charge in [0.15, 0.2) is 0 Å². The summed E-state index contributed by atoms with van der Waals surface area (Å²) >= 11 is 1.95. The molecule has 0 aromatic heterocycles. The van der Waals surface area contributed by atoms with Gasteiger partial charge in [-0.25, -0.2) is 14.0 Å². The first-order chi connectivity index (χ1) is 8.97. The normalized spacial score (nSPS) is 10.8. The molecule has 5 nitrogen and oxygen atoms in total. The Hall–Kier alpha value is -1.64. The number of ether oxygens (including phenoxy) is 2. The predicted molar refractivity (Wildman–Crippen MR) is 74.9 cm³/mol. The van der Waals surface area contributed by atoms with Gasteiger partial charge in [0.2, 0.25) is 0 Å². The minimum atomic E-state index is -0.802. The second-order valence-electron chi connectivity index (χ2n) is 3.32. The van der Waals surface area contributed by atoms with Crippen molar-refractivity contribution in [2.75, 3.05) is 19.5 Å². The number of carbonyl (C=O) groups is 2. The highest BCUT2D eigenvalue weighted by Gasteiger charge is 2.14. The lowest BCUT2D eigenvalue weighted by Gasteiger charge is -2.10. The molecule has 1 aromatic carbocycles. The van der Waals surface area contributed by atoms with E-state index in [1.165, 1.54) is 19.2 Å². The van der Waals surface area contributed by atoms with E-state index in [4.69, 9.17) is 0 Å². The van der Waals surface area contributed by atoms with Crippen LogP contribution in [0.1, 0.15) is 0 Å². The van der Waals surface area contributed by atoms with Crippen molar-refractivity contribution in [2.24, 2.45) is 0 Å².